The summed E-state index contributed by atoms with van der Waals surface area (Å²) < 4.78 is 0. The normalized spacial score (nSPS) is 45.0. The summed E-state index contributed by atoms with van der Waals surface area (Å²) in [7, 11) is 0. The van der Waals surface area contributed by atoms with E-state index < -0.39 is 0 Å². The molecule has 1 saturated carbocycles. The third kappa shape index (κ3) is 0.752. The Morgan fingerprint density at radius 1 is 1.25 bits per heavy atom. The lowest BCUT2D eigenvalue weighted by Gasteiger charge is -1.95. The van der Waals surface area contributed by atoms with Gasteiger partial charge in [-0.2, -0.15) is 0 Å². The molecule has 1 saturated heterocycles. The van der Waals surface area contributed by atoms with Crippen molar-refractivity contribution in [3.63, 3.8) is 0 Å². The van der Waals surface area contributed by atoms with Crippen molar-refractivity contribution >= 4 is 0 Å². The van der Waals surface area contributed by atoms with Gasteiger partial charge >= 0.3 is 0 Å². The molecule has 46 valence electrons. The Morgan fingerprint density at radius 3 is 3.25 bits per heavy atom. The van der Waals surface area contributed by atoms with E-state index in [4.69, 9.17) is 0 Å². The Kier molecular flexibility index (Phi) is 1.04. The van der Waals surface area contributed by atoms with Gasteiger partial charge in [-0.3, -0.25) is 0 Å². The van der Waals surface area contributed by atoms with E-state index >= 15 is 0 Å². The molecule has 1 N–H and O–H groups in total. The first-order valence-corrected chi connectivity index (χ1v) is 3.67. The zero-order valence-electron chi connectivity index (χ0n) is 5.19. The average Bonchev–Trinajstić information content (AvgIpc) is 2.36. The highest BCUT2D eigenvalue weighted by molar-refractivity contribution is 4.89. The lowest BCUT2D eigenvalue weighted by Crippen LogP contribution is -2.15. The van der Waals surface area contributed by atoms with Gasteiger partial charge in [0.2, 0.25) is 0 Å². The molecule has 8 heavy (non-hydrogen) atoms. The second-order valence-corrected chi connectivity index (χ2v) is 3.10. The van der Waals surface area contributed by atoms with E-state index in [1.54, 1.807) is 0 Å². The summed E-state index contributed by atoms with van der Waals surface area (Å²) in [5.41, 5.74) is 0. The molecule has 1 nitrogen and oxygen atoms in total. The Bertz CT molecular complexity index is 80.4. The van der Waals surface area contributed by atoms with E-state index in [0.29, 0.717) is 0 Å². The minimum atomic E-state index is 1.08. The van der Waals surface area contributed by atoms with Crippen LogP contribution < -0.4 is 5.32 Å². The Morgan fingerprint density at radius 2 is 2.25 bits per heavy atom. The molecule has 0 aromatic carbocycles. The lowest BCUT2D eigenvalue weighted by atomic mass is 10.2. The molecule has 1 aliphatic heterocycles. The topological polar surface area (TPSA) is 12.0 Å². The van der Waals surface area contributed by atoms with E-state index in [0.717, 1.165) is 11.8 Å². The molecular formula is C7H13N. The summed E-state index contributed by atoms with van der Waals surface area (Å²) in [6.07, 6.45) is 4.44. The fraction of sp³-hybridized carbons (Fsp3) is 1.00. The summed E-state index contributed by atoms with van der Waals surface area (Å²) >= 11 is 0. The fourth-order valence-electron chi connectivity index (χ4n) is 1.69. The molecule has 2 aliphatic rings. The Labute approximate surface area is 50.5 Å². The molecule has 1 unspecified atom stereocenters. The first-order chi connectivity index (χ1) is 3.97. The van der Waals surface area contributed by atoms with E-state index in [9.17, 15) is 0 Å². The summed E-state index contributed by atoms with van der Waals surface area (Å²) in [6.45, 7) is 2.58. The second kappa shape index (κ2) is 1.73. The zero-order chi connectivity index (χ0) is 5.40. The van der Waals surface area contributed by atoms with Crippen molar-refractivity contribution in [2.75, 3.05) is 13.1 Å². The highest BCUT2D eigenvalue weighted by Crippen LogP contribution is 2.42. The zero-order valence-corrected chi connectivity index (χ0v) is 5.19. The first kappa shape index (κ1) is 4.80. The van der Waals surface area contributed by atoms with Gasteiger partial charge in [-0.05, 0) is 44.2 Å². The molecule has 0 aromatic heterocycles. The molecule has 2 fully saturated rings. The maximum atomic E-state index is 3.44. The molecule has 0 amide bonds. The molecule has 1 heteroatoms. The van der Waals surface area contributed by atoms with Crippen molar-refractivity contribution in [1.82, 2.24) is 5.32 Å². The standard InChI is InChI=1S/C7H13N/c1-2-6-4-7(6)5-8-3-1/h6-8H,1-5H2/t6-,7?/m0/s1. The maximum absolute atomic E-state index is 3.44. The molecule has 1 aliphatic carbocycles. The van der Waals surface area contributed by atoms with Crippen LogP contribution in [0.1, 0.15) is 19.3 Å². The lowest BCUT2D eigenvalue weighted by molar-refractivity contribution is 0.651. The molecule has 2 rings (SSSR count). The van der Waals surface area contributed by atoms with Gasteiger partial charge in [-0.25, -0.2) is 0 Å². The predicted octanol–water partition coefficient (Wildman–Crippen LogP) is 1.01. The number of rotatable bonds is 0. The highest BCUT2D eigenvalue weighted by Gasteiger charge is 2.36. The summed E-state index contributed by atoms with van der Waals surface area (Å²) in [5, 5.41) is 3.44. The van der Waals surface area contributed by atoms with Crippen LogP contribution in [-0.4, -0.2) is 13.1 Å². The molecule has 0 aromatic rings. The largest absolute Gasteiger partial charge is 0.316 e. The van der Waals surface area contributed by atoms with Gasteiger partial charge in [-0.1, -0.05) is 0 Å². The van der Waals surface area contributed by atoms with Crippen LogP contribution in [0.15, 0.2) is 0 Å². The third-order valence-corrected chi connectivity index (χ3v) is 2.40. The molecular weight excluding hydrogens is 98.1 g/mol. The molecule has 0 spiro atoms. The summed E-state index contributed by atoms with van der Waals surface area (Å²) in [6, 6.07) is 0. The van der Waals surface area contributed by atoms with Crippen LogP contribution >= 0.6 is 0 Å². The van der Waals surface area contributed by atoms with Gasteiger partial charge in [0.1, 0.15) is 0 Å². The molecule has 2 atom stereocenters. The fourth-order valence-corrected chi connectivity index (χ4v) is 1.69. The van der Waals surface area contributed by atoms with Crippen molar-refractivity contribution in [2.24, 2.45) is 11.8 Å². The van der Waals surface area contributed by atoms with Gasteiger partial charge in [0.15, 0.2) is 0 Å². The number of fused-ring (bicyclic) bond motifs is 1. The first-order valence-electron chi connectivity index (χ1n) is 3.67. The minimum Gasteiger partial charge on any atom is -0.316 e. The summed E-state index contributed by atoms with van der Waals surface area (Å²) in [4.78, 5) is 0. The average molecular weight is 111 g/mol. The quantitative estimate of drug-likeness (QED) is 0.492. The van der Waals surface area contributed by atoms with E-state index in [1.165, 1.54) is 32.4 Å². The minimum absolute atomic E-state index is 1.08. The molecule has 0 radical (unpaired) electrons. The van der Waals surface area contributed by atoms with Crippen LogP contribution in [0.3, 0.4) is 0 Å². The van der Waals surface area contributed by atoms with E-state index in [1.807, 2.05) is 0 Å². The second-order valence-electron chi connectivity index (χ2n) is 3.10. The molecule has 0 bridgehead atoms. The monoisotopic (exact) mass is 111 g/mol. The van der Waals surface area contributed by atoms with E-state index in [2.05, 4.69) is 5.32 Å². The molecule has 1 heterocycles. The van der Waals surface area contributed by atoms with Crippen molar-refractivity contribution in [3.8, 4) is 0 Å². The van der Waals surface area contributed by atoms with Gasteiger partial charge in [0.25, 0.3) is 0 Å². The summed E-state index contributed by atoms with van der Waals surface area (Å²) in [5.74, 6) is 2.21. The van der Waals surface area contributed by atoms with Gasteiger partial charge in [-0.15, -0.1) is 0 Å². The van der Waals surface area contributed by atoms with Crippen molar-refractivity contribution in [1.29, 1.82) is 0 Å². The van der Waals surface area contributed by atoms with Crippen LogP contribution in [0.4, 0.5) is 0 Å². The van der Waals surface area contributed by atoms with Crippen LogP contribution in [0.2, 0.25) is 0 Å². The highest BCUT2D eigenvalue weighted by atomic mass is 14.9. The van der Waals surface area contributed by atoms with Crippen LogP contribution in [0.5, 0.6) is 0 Å². The smallest absolute Gasteiger partial charge is 0.00178 e. The third-order valence-electron chi connectivity index (χ3n) is 2.40. The van der Waals surface area contributed by atoms with Gasteiger partial charge in [0, 0.05) is 0 Å². The maximum Gasteiger partial charge on any atom is -0.00178 e. The van der Waals surface area contributed by atoms with Crippen molar-refractivity contribution in [2.45, 2.75) is 19.3 Å². The SMILES string of the molecule is C1CNCC2C[C@@H]2C1. The van der Waals surface area contributed by atoms with E-state index in [-0.39, 0.29) is 0 Å². The number of hydrogen-bond acceptors (Lipinski definition) is 1. The van der Waals surface area contributed by atoms with Crippen molar-refractivity contribution in [3.05, 3.63) is 0 Å². The predicted molar refractivity (Wildman–Crippen MR) is 33.7 cm³/mol. The van der Waals surface area contributed by atoms with Crippen molar-refractivity contribution < 1.29 is 0 Å². The Hall–Kier alpha value is -0.0400. The van der Waals surface area contributed by atoms with Crippen LogP contribution in [-0.2, 0) is 0 Å². The number of nitrogens with one attached hydrogen (secondary N) is 1. The van der Waals surface area contributed by atoms with Gasteiger partial charge in [0.05, 0.1) is 0 Å². The number of hydrogen-bond donors (Lipinski definition) is 1. The van der Waals surface area contributed by atoms with Gasteiger partial charge < -0.3 is 5.32 Å². The van der Waals surface area contributed by atoms with Crippen LogP contribution in [0, 0.1) is 11.8 Å². The van der Waals surface area contributed by atoms with Crippen LogP contribution in [0.25, 0.3) is 0 Å². The Balaban J connectivity index is 1.89.